The highest BCUT2D eigenvalue weighted by atomic mass is 79.9. The Hall–Kier alpha value is -1.27. The van der Waals surface area contributed by atoms with Crippen molar-refractivity contribution < 1.29 is 4.79 Å². The first-order valence-electron chi connectivity index (χ1n) is 6.05. The average molecular weight is 308 g/mol. The molecule has 0 aliphatic carbocycles. The fraction of sp³-hybridized carbons (Fsp3) is 0.400. The van der Waals surface area contributed by atoms with Crippen LogP contribution in [0.5, 0.6) is 0 Å². The van der Waals surface area contributed by atoms with E-state index < -0.39 is 0 Å². The molecule has 0 fully saturated rings. The van der Waals surface area contributed by atoms with E-state index in [1.165, 1.54) is 0 Å². The molecule has 3 heteroatoms. The summed E-state index contributed by atoms with van der Waals surface area (Å²) in [6.07, 6.45) is 8.30. The number of benzene rings is 1. The molecule has 0 radical (unpaired) electrons. The highest BCUT2D eigenvalue weighted by Gasteiger charge is 2.08. The molecule has 0 saturated heterocycles. The van der Waals surface area contributed by atoms with Crippen LogP contribution in [0.2, 0.25) is 0 Å². The summed E-state index contributed by atoms with van der Waals surface area (Å²) in [5.41, 5.74) is 1.14. The van der Waals surface area contributed by atoms with E-state index in [0.29, 0.717) is 13.0 Å². The zero-order valence-corrected chi connectivity index (χ0v) is 12.2. The number of hydrogen-bond donors (Lipinski definition) is 0. The van der Waals surface area contributed by atoms with Crippen molar-refractivity contribution in [2.45, 2.75) is 32.2 Å². The molecule has 0 bridgehead atoms. The smallest absolute Gasteiger partial charge is 0.222 e. The second-order valence-corrected chi connectivity index (χ2v) is 5.20. The lowest BCUT2D eigenvalue weighted by Crippen LogP contribution is -2.25. The fourth-order valence-electron chi connectivity index (χ4n) is 1.65. The Balaban J connectivity index is 2.35. The fourth-order valence-corrected chi connectivity index (χ4v) is 1.91. The van der Waals surface area contributed by atoms with Gasteiger partial charge in [0.15, 0.2) is 0 Å². The van der Waals surface area contributed by atoms with Crippen molar-refractivity contribution in [3.05, 3.63) is 34.3 Å². The predicted molar refractivity (Wildman–Crippen MR) is 77.9 cm³/mol. The van der Waals surface area contributed by atoms with Gasteiger partial charge in [-0.25, -0.2) is 0 Å². The van der Waals surface area contributed by atoms with Crippen molar-refractivity contribution in [2.75, 3.05) is 7.05 Å². The van der Waals surface area contributed by atoms with Crippen LogP contribution in [-0.4, -0.2) is 17.9 Å². The summed E-state index contributed by atoms with van der Waals surface area (Å²) in [4.78, 5) is 13.6. The quantitative estimate of drug-likeness (QED) is 0.581. The molecule has 1 aromatic rings. The normalized spacial score (nSPS) is 9.83. The maximum atomic E-state index is 11.8. The van der Waals surface area contributed by atoms with Crippen molar-refractivity contribution in [3.8, 4) is 12.3 Å². The third-order valence-corrected chi connectivity index (χ3v) is 3.25. The molecular weight excluding hydrogens is 290 g/mol. The molecule has 0 saturated carbocycles. The Labute approximate surface area is 118 Å². The summed E-state index contributed by atoms with van der Waals surface area (Å²) in [7, 11) is 1.84. The predicted octanol–water partition coefficient (Wildman–Crippen LogP) is 3.60. The molecule has 0 heterocycles. The number of hydrogen-bond acceptors (Lipinski definition) is 1. The number of amides is 1. The van der Waals surface area contributed by atoms with Crippen LogP contribution in [0.3, 0.4) is 0 Å². The van der Waals surface area contributed by atoms with Gasteiger partial charge in [-0.2, -0.15) is 0 Å². The van der Waals surface area contributed by atoms with E-state index in [1.807, 2.05) is 31.3 Å². The van der Waals surface area contributed by atoms with Gasteiger partial charge < -0.3 is 4.90 Å². The number of rotatable bonds is 6. The molecule has 0 unspecified atom stereocenters. The summed E-state index contributed by atoms with van der Waals surface area (Å²) in [5.74, 6) is 2.76. The third-order valence-electron chi connectivity index (χ3n) is 2.72. The first kappa shape index (κ1) is 14.8. The van der Waals surface area contributed by atoms with Crippen LogP contribution in [0, 0.1) is 12.3 Å². The summed E-state index contributed by atoms with van der Waals surface area (Å²) in [5, 5.41) is 0. The molecule has 1 aromatic carbocycles. The number of carbonyl (C=O) groups is 1. The molecule has 0 aliphatic heterocycles. The largest absolute Gasteiger partial charge is 0.341 e. The number of nitrogens with zero attached hydrogens (tertiary/aromatic N) is 1. The second kappa shape index (κ2) is 7.94. The van der Waals surface area contributed by atoms with Gasteiger partial charge in [0, 0.05) is 30.9 Å². The SMILES string of the molecule is C#CCCCCC(=O)N(C)Cc1ccc(Br)cc1. The maximum absolute atomic E-state index is 11.8. The van der Waals surface area contributed by atoms with Gasteiger partial charge in [-0.1, -0.05) is 28.1 Å². The average Bonchev–Trinajstić information content (AvgIpc) is 2.37. The Morgan fingerprint density at radius 1 is 1.33 bits per heavy atom. The van der Waals surface area contributed by atoms with Crippen LogP contribution in [0.15, 0.2) is 28.7 Å². The Morgan fingerprint density at radius 2 is 2.00 bits per heavy atom. The monoisotopic (exact) mass is 307 g/mol. The lowest BCUT2D eigenvalue weighted by molar-refractivity contribution is -0.130. The Kier molecular flexibility index (Phi) is 6.53. The standard InChI is InChI=1S/C15H18BrNO/c1-3-4-5-6-7-15(18)17(2)12-13-8-10-14(16)11-9-13/h1,8-11H,4-7,12H2,2H3. The molecule has 96 valence electrons. The van der Waals surface area contributed by atoms with Crippen molar-refractivity contribution in [2.24, 2.45) is 0 Å². The van der Waals surface area contributed by atoms with E-state index in [2.05, 4.69) is 21.9 Å². The van der Waals surface area contributed by atoms with Crippen LogP contribution in [0.4, 0.5) is 0 Å². The van der Waals surface area contributed by atoms with Crippen molar-refractivity contribution in [3.63, 3.8) is 0 Å². The minimum Gasteiger partial charge on any atom is -0.341 e. The van der Waals surface area contributed by atoms with Crippen LogP contribution in [-0.2, 0) is 11.3 Å². The minimum atomic E-state index is 0.176. The molecule has 0 aromatic heterocycles. The van der Waals surface area contributed by atoms with Gasteiger partial charge in [0.05, 0.1) is 0 Å². The van der Waals surface area contributed by atoms with E-state index in [9.17, 15) is 4.79 Å². The number of terminal acetylenes is 1. The molecule has 0 atom stereocenters. The molecule has 0 aliphatic rings. The molecule has 1 rings (SSSR count). The summed E-state index contributed by atoms with van der Waals surface area (Å²) in [6, 6.07) is 8.01. The zero-order chi connectivity index (χ0) is 13.4. The number of carbonyl (C=O) groups excluding carboxylic acids is 1. The van der Waals surface area contributed by atoms with Gasteiger partial charge in [-0.3, -0.25) is 4.79 Å². The Bertz CT molecular complexity index is 419. The van der Waals surface area contributed by atoms with Crippen LogP contribution in [0.25, 0.3) is 0 Å². The van der Waals surface area contributed by atoms with E-state index in [4.69, 9.17) is 6.42 Å². The summed E-state index contributed by atoms with van der Waals surface area (Å²) in [6.45, 7) is 0.654. The van der Waals surface area contributed by atoms with Crippen molar-refractivity contribution in [1.29, 1.82) is 0 Å². The van der Waals surface area contributed by atoms with E-state index in [1.54, 1.807) is 4.90 Å². The maximum Gasteiger partial charge on any atom is 0.222 e. The minimum absolute atomic E-state index is 0.176. The van der Waals surface area contributed by atoms with Gasteiger partial charge in [0.25, 0.3) is 0 Å². The molecule has 1 amide bonds. The lowest BCUT2D eigenvalue weighted by Gasteiger charge is -2.17. The summed E-state index contributed by atoms with van der Waals surface area (Å²) >= 11 is 3.39. The Morgan fingerprint density at radius 3 is 2.61 bits per heavy atom. The van der Waals surface area contributed by atoms with Crippen LogP contribution in [0.1, 0.15) is 31.2 Å². The van der Waals surface area contributed by atoms with Gasteiger partial charge in [-0.15, -0.1) is 12.3 Å². The number of unbranched alkanes of at least 4 members (excludes halogenated alkanes) is 2. The van der Waals surface area contributed by atoms with Gasteiger partial charge >= 0.3 is 0 Å². The third kappa shape index (κ3) is 5.37. The topological polar surface area (TPSA) is 20.3 Å². The first-order valence-corrected chi connectivity index (χ1v) is 6.84. The lowest BCUT2D eigenvalue weighted by atomic mass is 10.1. The van der Waals surface area contributed by atoms with E-state index in [0.717, 1.165) is 29.3 Å². The van der Waals surface area contributed by atoms with E-state index >= 15 is 0 Å². The number of halogens is 1. The molecule has 0 spiro atoms. The van der Waals surface area contributed by atoms with Gasteiger partial charge in [0.1, 0.15) is 0 Å². The molecule has 2 nitrogen and oxygen atoms in total. The van der Waals surface area contributed by atoms with Crippen LogP contribution >= 0.6 is 15.9 Å². The highest BCUT2D eigenvalue weighted by Crippen LogP contribution is 2.12. The second-order valence-electron chi connectivity index (χ2n) is 4.29. The van der Waals surface area contributed by atoms with Gasteiger partial charge in [0.2, 0.25) is 5.91 Å². The molecular formula is C15H18BrNO. The van der Waals surface area contributed by atoms with Gasteiger partial charge in [-0.05, 0) is 30.5 Å². The summed E-state index contributed by atoms with van der Waals surface area (Å²) < 4.78 is 1.05. The van der Waals surface area contributed by atoms with E-state index in [-0.39, 0.29) is 5.91 Å². The zero-order valence-electron chi connectivity index (χ0n) is 10.7. The highest BCUT2D eigenvalue weighted by molar-refractivity contribution is 9.10. The van der Waals surface area contributed by atoms with Crippen LogP contribution < -0.4 is 0 Å². The van der Waals surface area contributed by atoms with Crippen molar-refractivity contribution in [1.82, 2.24) is 4.90 Å². The molecule has 18 heavy (non-hydrogen) atoms. The first-order chi connectivity index (χ1) is 8.63. The van der Waals surface area contributed by atoms with Crippen molar-refractivity contribution >= 4 is 21.8 Å². The molecule has 0 N–H and O–H groups in total.